The van der Waals surface area contributed by atoms with E-state index in [-0.39, 0.29) is 0 Å². The van der Waals surface area contributed by atoms with Crippen molar-refractivity contribution in [1.29, 1.82) is 0 Å². The van der Waals surface area contributed by atoms with Crippen molar-refractivity contribution < 1.29 is 9.90 Å². The van der Waals surface area contributed by atoms with Gasteiger partial charge in [0.25, 0.3) is 0 Å². The van der Waals surface area contributed by atoms with Gasteiger partial charge in [-0.3, -0.25) is 9.58 Å². The highest BCUT2D eigenvalue weighted by molar-refractivity contribution is 5.89. The van der Waals surface area contributed by atoms with Crippen molar-refractivity contribution in [3.05, 3.63) is 52.8 Å². The maximum Gasteiger partial charge on any atom is 0.336 e. The van der Waals surface area contributed by atoms with Gasteiger partial charge in [0.05, 0.1) is 17.3 Å². The monoisotopic (exact) mass is 311 g/mol. The largest absolute Gasteiger partial charge is 0.478 e. The molecule has 23 heavy (non-hydrogen) atoms. The molecule has 2 aliphatic rings. The fourth-order valence-corrected chi connectivity index (χ4v) is 3.63. The molecule has 1 aliphatic carbocycles. The maximum atomic E-state index is 11.5. The van der Waals surface area contributed by atoms with E-state index >= 15 is 0 Å². The van der Waals surface area contributed by atoms with Gasteiger partial charge in [0.2, 0.25) is 0 Å². The standard InChI is InChI=1S/C18H21N3O2/c22-18(23)16-6-1-3-13-8-10-20(12-17(13)16)11-15-7-9-19-21(15)14-4-2-5-14/h1,3,6-7,9,14H,2,4-5,8,10-12H2,(H,22,23). The van der Waals surface area contributed by atoms with Crippen LogP contribution >= 0.6 is 0 Å². The lowest BCUT2D eigenvalue weighted by Crippen LogP contribution is -2.33. The van der Waals surface area contributed by atoms with Gasteiger partial charge in [-0.05, 0) is 48.9 Å². The first kappa shape index (κ1) is 14.5. The lowest BCUT2D eigenvalue weighted by Gasteiger charge is -2.32. The normalized spacial score (nSPS) is 18.4. The molecule has 1 N–H and O–H groups in total. The molecule has 5 nitrogen and oxygen atoms in total. The number of carboxylic acids is 1. The molecule has 1 aromatic carbocycles. The van der Waals surface area contributed by atoms with Crippen molar-refractivity contribution in [2.45, 2.75) is 44.8 Å². The van der Waals surface area contributed by atoms with Gasteiger partial charge in [-0.15, -0.1) is 0 Å². The molecule has 1 aromatic heterocycles. The van der Waals surface area contributed by atoms with Crippen LogP contribution in [0.4, 0.5) is 0 Å². The Hall–Kier alpha value is -2.14. The van der Waals surface area contributed by atoms with Crippen LogP contribution in [0.1, 0.15) is 52.5 Å². The van der Waals surface area contributed by atoms with Crippen LogP contribution in [-0.2, 0) is 19.5 Å². The van der Waals surface area contributed by atoms with Crippen molar-refractivity contribution in [1.82, 2.24) is 14.7 Å². The number of hydrogen-bond acceptors (Lipinski definition) is 3. The van der Waals surface area contributed by atoms with Crippen LogP contribution in [0, 0.1) is 0 Å². The molecule has 0 unspecified atom stereocenters. The molecule has 5 heteroatoms. The zero-order chi connectivity index (χ0) is 15.8. The van der Waals surface area contributed by atoms with Crippen LogP contribution in [-0.4, -0.2) is 32.3 Å². The van der Waals surface area contributed by atoms with E-state index in [0.717, 1.165) is 25.1 Å². The lowest BCUT2D eigenvalue weighted by molar-refractivity contribution is 0.0693. The van der Waals surface area contributed by atoms with E-state index in [4.69, 9.17) is 0 Å². The molecule has 0 radical (unpaired) electrons. The minimum absolute atomic E-state index is 0.444. The van der Waals surface area contributed by atoms with Crippen LogP contribution < -0.4 is 0 Å². The molecule has 1 saturated carbocycles. The summed E-state index contributed by atoms with van der Waals surface area (Å²) < 4.78 is 2.17. The first-order valence-electron chi connectivity index (χ1n) is 8.31. The van der Waals surface area contributed by atoms with Gasteiger partial charge in [-0.25, -0.2) is 4.79 Å². The molecular weight excluding hydrogens is 290 g/mol. The Labute approximate surface area is 135 Å². The minimum Gasteiger partial charge on any atom is -0.478 e. The fourth-order valence-electron chi connectivity index (χ4n) is 3.63. The van der Waals surface area contributed by atoms with Gasteiger partial charge in [0, 0.05) is 25.8 Å². The van der Waals surface area contributed by atoms with Crippen LogP contribution in [0.5, 0.6) is 0 Å². The molecule has 0 atom stereocenters. The van der Waals surface area contributed by atoms with E-state index < -0.39 is 5.97 Å². The second kappa shape index (κ2) is 5.81. The Morgan fingerprint density at radius 2 is 2.17 bits per heavy atom. The summed E-state index contributed by atoms with van der Waals surface area (Å²) in [6, 6.07) is 8.27. The zero-order valence-electron chi connectivity index (χ0n) is 13.1. The van der Waals surface area contributed by atoms with Crippen LogP contribution in [0.2, 0.25) is 0 Å². The molecule has 1 aliphatic heterocycles. The highest BCUT2D eigenvalue weighted by atomic mass is 16.4. The summed E-state index contributed by atoms with van der Waals surface area (Å²) in [4.78, 5) is 13.8. The molecule has 0 bridgehead atoms. The average molecular weight is 311 g/mol. The predicted octanol–water partition coefficient (Wildman–Crippen LogP) is 2.86. The summed E-state index contributed by atoms with van der Waals surface area (Å²) in [5, 5.41) is 13.9. The SMILES string of the molecule is O=C(O)c1cccc2c1CN(Cc1ccnn1C1CCC1)CC2. The lowest BCUT2D eigenvalue weighted by atomic mass is 9.93. The summed E-state index contributed by atoms with van der Waals surface area (Å²) in [5.41, 5.74) is 3.83. The van der Waals surface area contributed by atoms with E-state index in [1.54, 1.807) is 6.07 Å². The quantitative estimate of drug-likeness (QED) is 0.943. The predicted molar refractivity (Wildman–Crippen MR) is 86.3 cm³/mol. The Morgan fingerprint density at radius 1 is 1.30 bits per heavy atom. The van der Waals surface area contributed by atoms with E-state index in [9.17, 15) is 9.90 Å². The van der Waals surface area contributed by atoms with Gasteiger partial charge in [-0.2, -0.15) is 5.10 Å². The average Bonchev–Trinajstić information content (AvgIpc) is 2.92. The summed E-state index contributed by atoms with van der Waals surface area (Å²) in [6.45, 7) is 2.50. The van der Waals surface area contributed by atoms with Gasteiger partial charge in [0.1, 0.15) is 0 Å². The molecule has 4 rings (SSSR count). The van der Waals surface area contributed by atoms with Crippen LogP contribution in [0.15, 0.2) is 30.5 Å². The van der Waals surface area contributed by atoms with Crippen molar-refractivity contribution in [2.75, 3.05) is 6.54 Å². The van der Waals surface area contributed by atoms with E-state index in [1.165, 1.54) is 30.5 Å². The fraction of sp³-hybridized carbons (Fsp3) is 0.444. The number of aromatic carboxylic acids is 1. The first-order valence-corrected chi connectivity index (χ1v) is 8.31. The molecule has 0 saturated heterocycles. The molecule has 0 spiro atoms. The molecule has 2 aromatic rings. The Morgan fingerprint density at radius 3 is 2.91 bits per heavy atom. The zero-order valence-corrected chi connectivity index (χ0v) is 13.1. The molecule has 1 fully saturated rings. The third kappa shape index (κ3) is 2.65. The number of nitrogens with zero attached hydrogens (tertiary/aromatic N) is 3. The van der Waals surface area contributed by atoms with Gasteiger partial charge >= 0.3 is 5.97 Å². The second-order valence-electron chi connectivity index (χ2n) is 6.56. The summed E-state index contributed by atoms with van der Waals surface area (Å²) in [5.74, 6) is -0.830. The molecule has 2 heterocycles. The van der Waals surface area contributed by atoms with E-state index in [2.05, 4.69) is 26.8 Å². The molecular formula is C18H21N3O2. The van der Waals surface area contributed by atoms with Gasteiger partial charge < -0.3 is 5.11 Å². The summed E-state index contributed by atoms with van der Waals surface area (Å²) in [7, 11) is 0. The third-order valence-corrected chi connectivity index (χ3v) is 5.14. The minimum atomic E-state index is -0.830. The first-order chi connectivity index (χ1) is 11.2. The Kier molecular flexibility index (Phi) is 3.65. The van der Waals surface area contributed by atoms with E-state index in [0.29, 0.717) is 18.2 Å². The number of carbonyl (C=O) groups is 1. The number of carboxylic acid groups (broad SMARTS) is 1. The van der Waals surface area contributed by atoms with Crippen molar-refractivity contribution in [3.8, 4) is 0 Å². The number of rotatable bonds is 4. The van der Waals surface area contributed by atoms with Crippen molar-refractivity contribution >= 4 is 5.97 Å². The highest BCUT2D eigenvalue weighted by Gasteiger charge is 2.25. The van der Waals surface area contributed by atoms with Gasteiger partial charge in [-0.1, -0.05) is 12.1 Å². The maximum absolute atomic E-state index is 11.5. The van der Waals surface area contributed by atoms with Crippen LogP contribution in [0.3, 0.4) is 0 Å². The van der Waals surface area contributed by atoms with Crippen molar-refractivity contribution in [3.63, 3.8) is 0 Å². The highest BCUT2D eigenvalue weighted by Crippen LogP contribution is 2.32. The van der Waals surface area contributed by atoms with E-state index in [1.807, 2.05) is 12.3 Å². The smallest absolute Gasteiger partial charge is 0.336 e. The molecule has 0 amide bonds. The number of aromatic nitrogens is 2. The van der Waals surface area contributed by atoms with Crippen LogP contribution in [0.25, 0.3) is 0 Å². The van der Waals surface area contributed by atoms with Gasteiger partial charge in [0.15, 0.2) is 0 Å². The number of hydrogen-bond donors (Lipinski definition) is 1. The summed E-state index contributed by atoms with van der Waals surface area (Å²) >= 11 is 0. The number of benzene rings is 1. The third-order valence-electron chi connectivity index (χ3n) is 5.14. The Balaban J connectivity index is 1.54. The second-order valence-corrected chi connectivity index (χ2v) is 6.56. The Bertz CT molecular complexity index is 734. The topological polar surface area (TPSA) is 58.4 Å². The number of fused-ring (bicyclic) bond motifs is 1. The van der Waals surface area contributed by atoms with Crippen molar-refractivity contribution in [2.24, 2.45) is 0 Å². The summed E-state index contributed by atoms with van der Waals surface area (Å²) in [6.07, 6.45) is 6.53. The molecule has 120 valence electrons.